The smallest absolute Gasteiger partial charge is 0.326 e. The fraction of sp³-hybridized carbons (Fsp3) is 0.391. The van der Waals surface area contributed by atoms with Crippen LogP contribution in [0.25, 0.3) is 0 Å². The molecule has 0 aliphatic heterocycles. The third kappa shape index (κ3) is 6.46. The fourth-order valence-electron chi connectivity index (χ4n) is 3.12. The number of hydrogen-bond acceptors (Lipinski definition) is 4. The number of carbonyl (C=O) groups is 2. The molecule has 31 heavy (non-hydrogen) atoms. The summed E-state index contributed by atoms with van der Waals surface area (Å²) in [7, 11) is 0. The first-order valence-corrected chi connectivity index (χ1v) is 11.5. The average molecular weight is 557 g/mol. The normalized spacial score (nSPS) is 12.2. The molecule has 6 nitrogen and oxygen atoms in total. The molecule has 1 atom stereocenters. The predicted molar refractivity (Wildman–Crippen MR) is 127 cm³/mol. The quantitative estimate of drug-likeness (QED) is 0.375. The van der Waals surface area contributed by atoms with Crippen LogP contribution >= 0.6 is 31.9 Å². The van der Waals surface area contributed by atoms with E-state index >= 15 is 0 Å². The summed E-state index contributed by atoms with van der Waals surface area (Å²) >= 11 is 6.99. The lowest BCUT2D eigenvalue weighted by Crippen LogP contribution is -2.44. The van der Waals surface area contributed by atoms with Crippen LogP contribution in [0, 0.1) is 12.8 Å². The van der Waals surface area contributed by atoms with Gasteiger partial charge in [0.2, 0.25) is 5.91 Å². The molecular formula is C23H27Br2NO5. The fourth-order valence-corrected chi connectivity index (χ4v) is 4.57. The summed E-state index contributed by atoms with van der Waals surface area (Å²) in [6.07, 6.45) is 0.0315. The van der Waals surface area contributed by atoms with Crippen molar-refractivity contribution in [3.8, 4) is 17.2 Å². The monoisotopic (exact) mass is 555 g/mol. The van der Waals surface area contributed by atoms with Crippen molar-refractivity contribution in [1.29, 1.82) is 0 Å². The van der Waals surface area contributed by atoms with E-state index in [-0.39, 0.29) is 29.9 Å². The Hall–Kier alpha value is -2.06. The van der Waals surface area contributed by atoms with Crippen LogP contribution < -0.4 is 10.1 Å². The molecule has 0 radical (unpaired) electrons. The number of phenolic OH excluding ortho intramolecular Hbond substituents is 1. The third-order valence-corrected chi connectivity index (χ3v) is 6.00. The Balaban J connectivity index is 2.23. The molecule has 0 bridgehead atoms. The molecule has 2 aromatic carbocycles. The first kappa shape index (κ1) is 25.2. The number of ether oxygens (including phenoxy) is 1. The number of aliphatic carboxylic acids is 1. The van der Waals surface area contributed by atoms with Crippen molar-refractivity contribution in [1.82, 2.24) is 5.32 Å². The summed E-state index contributed by atoms with van der Waals surface area (Å²) in [6.45, 7) is 9.31. The second kappa shape index (κ2) is 10.5. The summed E-state index contributed by atoms with van der Waals surface area (Å²) in [4.78, 5) is 23.6. The second-order valence-electron chi connectivity index (χ2n) is 8.13. The van der Waals surface area contributed by atoms with Gasteiger partial charge in [0.05, 0.1) is 15.4 Å². The molecule has 0 saturated carbocycles. The van der Waals surface area contributed by atoms with E-state index in [0.717, 1.165) is 11.1 Å². The highest BCUT2D eigenvalue weighted by Crippen LogP contribution is 2.40. The molecule has 0 saturated heterocycles. The van der Waals surface area contributed by atoms with Gasteiger partial charge >= 0.3 is 5.97 Å². The zero-order chi connectivity index (χ0) is 23.5. The lowest BCUT2D eigenvalue weighted by molar-refractivity contribution is -0.143. The van der Waals surface area contributed by atoms with Crippen LogP contribution in [0.1, 0.15) is 50.3 Å². The van der Waals surface area contributed by atoms with Crippen molar-refractivity contribution < 1.29 is 24.5 Å². The molecule has 0 aliphatic carbocycles. The average Bonchev–Trinajstić information content (AvgIpc) is 2.64. The summed E-state index contributed by atoms with van der Waals surface area (Å²) in [5.74, 6) is -0.121. The highest BCUT2D eigenvalue weighted by molar-refractivity contribution is 9.11. The minimum absolute atomic E-state index is 0.0315. The molecule has 2 aromatic rings. The molecule has 0 aliphatic rings. The van der Waals surface area contributed by atoms with Crippen LogP contribution in [0.15, 0.2) is 33.2 Å². The van der Waals surface area contributed by atoms with Crippen molar-refractivity contribution in [2.75, 3.05) is 0 Å². The molecule has 0 fully saturated rings. The number of carboxylic acids is 1. The highest BCUT2D eigenvalue weighted by atomic mass is 79.9. The van der Waals surface area contributed by atoms with Crippen molar-refractivity contribution in [2.45, 2.75) is 53.0 Å². The molecule has 0 unspecified atom stereocenters. The van der Waals surface area contributed by atoms with Gasteiger partial charge in [0, 0.05) is 5.56 Å². The second-order valence-corrected chi connectivity index (χ2v) is 9.84. The van der Waals surface area contributed by atoms with Gasteiger partial charge in [-0.1, -0.05) is 27.7 Å². The highest BCUT2D eigenvalue weighted by Gasteiger charge is 2.23. The Bertz CT molecular complexity index is 965. The van der Waals surface area contributed by atoms with Gasteiger partial charge in [0.25, 0.3) is 0 Å². The predicted octanol–water partition coefficient (Wildman–Crippen LogP) is 5.91. The zero-order valence-corrected chi connectivity index (χ0v) is 21.3. The van der Waals surface area contributed by atoms with E-state index in [9.17, 15) is 19.8 Å². The Kier molecular flexibility index (Phi) is 8.54. The van der Waals surface area contributed by atoms with Gasteiger partial charge in [-0.25, -0.2) is 4.79 Å². The van der Waals surface area contributed by atoms with Crippen LogP contribution in [0.4, 0.5) is 0 Å². The topological polar surface area (TPSA) is 95.9 Å². The summed E-state index contributed by atoms with van der Waals surface area (Å²) < 4.78 is 7.35. The number of aryl methyl sites for hydroxylation is 1. The van der Waals surface area contributed by atoms with Gasteiger partial charge in [-0.3, -0.25) is 4.79 Å². The molecule has 0 aromatic heterocycles. The van der Waals surface area contributed by atoms with Gasteiger partial charge in [0.15, 0.2) is 5.75 Å². The van der Waals surface area contributed by atoms with Crippen LogP contribution in [-0.2, 0) is 16.0 Å². The number of carbonyl (C=O) groups excluding carboxylic acids is 1. The first-order chi connectivity index (χ1) is 14.4. The number of nitrogens with one attached hydrogen (secondary N) is 1. The van der Waals surface area contributed by atoms with Crippen molar-refractivity contribution in [2.24, 2.45) is 5.92 Å². The van der Waals surface area contributed by atoms with Crippen molar-refractivity contribution in [3.63, 3.8) is 0 Å². The minimum atomic E-state index is -1.06. The number of hydrogen-bond donors (Lipinski definition) is 3. The van der Waals surface area contributed by atoms with Crippen LogP contribution in [-0.4, -0.2) is 28.1 Å². The first-order valence-electron chi connectivity index (χ1n) is 9.92. The van der Waals surface area contributed by atoms with Crippen LogP contribution in [0.3, 0.4) is 0 Å². The molecule has 168 valence electrons. The van der Waals surface area contributed by atoms with E-state index in [2.05, 4.69) is 37.2 Å². The van der Waals surface area contributed by atoms with Gasteiger partial charge in [-0.05, 0) is 86.0 Å². The molecule has 0 spiro atoms. The number of aromatic hydroxyl groups is 1. The minimum Gasteiger partial charge on any atom is -0.507 e. The number of benzene rings is 2. The lowest BCUT2D eigenvalue weighted by Gasteiger charge is -2.18. The maximum atomic E-state index is 12.3. The molecule has 0 heterocycles. The van der Waals surface area contributed by atoms with Gasteiger partial charge in [-0.15, -0.1) is 0 Å². The van der Waals surface area contributed by atoms with E-state index in [4.69, 9.17) is 4.74 Å². The number of phenols is 1. The molecule has 2 rings (SSSR count). The number of amides is 1. The lowest BCUT2D eigenvalue weighted by atomic mass is 9.99. The molecular weight excluding hydrogens is 530 g/mol. The Morgan fingerprint density at radius 1 is 1.06 bits per heavy atom. The van der Waals surface area contributed by atoms with Gasteiger partial charge in [-0.2, -0.15) is 0 Å². The van der Waals surface area contributed by atoms with E-state index in [0.29, 0.717) is 26.0 Å². The molecule has 1 amide bonds. The maximum Gasteiger partial charge on any atom is 0.326 e. The van der Waals surface area contributed by atoms with Crippen LogP contribution in [0.5, 0.6) is 17.2 Å². The number of halogens is 2. The SMILES string of the molecule is Cc1cc(Oc2c(Br)cc(CC(=O)N[C@@H](C(=O)O)C(C)C)cc2Br)cc(C(C)C)c1O. The van der Waals surface area contributed by atoms with Gasteiger partial charge < -0.3 is 20.3 Å². The van der Waals surface area contributed by atoms with E-state index in [1.807, 2.05) is 26.8 Å². The van der Waals surface area contributed by atoms with Crippen molar-refractivity contribution in [3.05, 3.63) is 49.9 Å². The molecule has 8 heteroatoms. The Morgan fingerprint density at radius 2 is 1.65 bits per heavy atom. The van der Waals surface area contributed by atoms with Gasteiger partial charge in [0.1, 0.15) is 17.5 Å². The standard InChI is InChI=1S/C23H27Br2NO5/c1-11(2)16-10-15(6-13(5)21(16)28)31-22-17(24)7-14(8-18(22)25)9-19(27)26-20(12(3)4)23(29)30/h6-8,10-12,20,28H,9H2,1-5H3,(H,26,27)(H,29,30)/t20-/m1/s1. The Labute approximate surface area is 199 Å². The van der Waals surface area contributed by atoms with E-state index < -0.39 is 12.0 Å². The molecule has 3 N–H and O–H groups in total. The zero-order valence-electron chi connectivity index (χ0n) is 18.1. The summed E-state index contributed by atoms with van der Waals surface area (Å²) in [6, 6.07) is 6.17. The number of rotatable bonds is 8. The van der Waals surface area contributed by atoms with Crippen molar-refractivity contribution >= 4 is 43.7 Å². The maximum absolute atomic E-state index is 12.3. The Morgan fingerprint density at radius 3 is 2.13 bits per heavy atom. The third-order valence-electron chi connectivity index (χ3n) is 4.82. The summed E-state index contributed by atoms with van der Waals surface area (Å²) in [5, 5.41) is 22.1. The number of carboxylic acid groups (broad SMARTS) is 1. The summed E-state index contributed by atoms with van der Waals surface area (Å²) in [5.41, 5.74) is 2.22. The largest absolute Gasteiger partial charge is 0.507 e. The van der Waals surface area contributed by atoms with E-state index in [1.54, 1.807) is 32.0 Å². The van der Waals surface area contributed by atoms with Crippen LogP contribution in [0.2, 0.25) is 0 Å². The van der Waals surface area contributed by atoms with E-state index in [1.165, 1.54) is 0 Å².